The maximum absolute atomic E-state index is 13.1. The molecule has 1 aliphatic heterocycles. The molecule has 0 aliphatic carbocycles. The number of aliphatic hydroxyl groups is 1. The van der Waals surface area contributed by atoms with Crippen molar-refractivity contribution in [1.82, 2.24) is 14.4 Å². The van der Waals surface area contributed by atoms with E-state index >= 15 is 0 Å². The van der Waals surface area contributed by atoms with Crippen molar-refractivity contribution in [2.24, 2.45) is 11.7 Å². The van der Waals surface area contributed by atoms with Crippen molar-refractivity contribution < 1.29 is 14.7 Å². The van der Waals surface area contributed by atoms with Crippen LogP contribution in [0, 0.1) is 5.92 Å². The lowest BCUT2D eigenvalue weighted by molar-refractivity contribution is 0.0785. The number of carbonyl (C=O) groups is 2. The summed E-state index contributed by atoms with van der Waals surface area (Å²) < 4.78 is 1.37. The van der Waals surface area contributed by atoms with Gasteiger partial charge in [0.05, 0.1) is 18.7 Å². The molecule has 0 unspecified atom stereocenters. The van der Waals surface area contributed by atoms with Gasteiger partial charge in [-0.3, -0.25) is 14.4 Å². The van der Waals surface area contributed by atoms with Gasteiger partial charge in [-0.1, -0.05) is 30.3 Å². The molecule has 2 amide bonds. The largest absolute Gasteiger partial charge is 0.395 e. The zero-order valence-electron chi connectivity index (χ0n) is 19.3. The lowest BCUT2D eigenvalue weighted by Crippen LogP contribution is -2.37. The lowest BCUT2D eigenvalue weighted by atomic mass is 9.92. The predicted molar refractivity (Wildman–Crippen MR) is 127 cm³/mol. The minimum absolute atomic E-state index is 0.0398. The van der Waals surface area contributed by atoms with E-state index in [-0.39, 0.29) is 24.3 Å². The molecule has 0 atom stereocenters. The molecule has 1 saturated heterocycles. The fraction of sp³-hybridized carbons (Fsp3) is 0.480. The molecule has 2 heterocycles. The number of primary amides is 1. The molecule has 3 rings (SSSR count). The molecular weight excluding hydrogens is 420 g/mol. The molecule has 2 aromatic rings. The molecule has 0 bridgehead atoms. The molecule has 1 aromatic heterocycles. The van der Waals surface area contributed by atoms with E-state index in [0.29, 0.717) is 12.5 Å². The van der Waals surface area contributed by atoms with E-state index in [0.717, 1.165) is 50.9 Å². The number of hydrogen-bond acceptors (Lipinski definition) is 5. The van der Waals surface area contributed by atoms with Gasteiger partial charge >= 0.3 is 0 Å². The zero-order chi connectivity index (χ0) is 23.8. The van der Waals surface area contributed by atoms with Crippen molar-refractivity contribution in [2.75, 3.05) is 39.8 Å². The molecule has 0 radical (unpaired) electrons. The number of amides is 2. The van der Waals surface area contributed by atoms with E-state index in [9.17, 15) is 14.4 Å². The minimum Gasteiger partial charge on any atom is -0.395 e. The summed E-state index contributed by atoms with van der Waals surface area (Å²) in [5.41, 5.74) is 6.02. The van der Waals surface area contributed by atoms with Crippen LogP contribution in [0.5, 0.6) is 0 Å². The van der Waals surface area contributed by atoms with Crippen molar-refractivity contribution in [2.45, 2.75) is 32.2 Å². The highest BCUT2D eigenvalue weighted by molar-refractivity contribution is 5.98. The number of β-amino-alcohol motifs (C(OH)–C–C–N with tert-alkyl or cyclic N) is 1. The zero-order valence-corrected chi connectivity index (χ0v) is 19.3. The third-order valence-corrected chi connectivity index (χ3v) is 6.37. The second-order valence-corrected chi connectivity index (χ2v) is 8.80. The summed E-state index contributed by atoms with van der Waals surface area (Å²) in [5, 5.41) is 9.06. The summed E-state index contributed by atoms with van der Waals surface area (Å²) >= 11 is 0. The van der Waals surface area contributed by atoms with Crippen LogP contribution in [0.4, 0.5) is 0 Å². The molecule has 178 valence electrons. The average Bonchev–Trinajstić information content (AvgIpc) is 2.81. The number of aromatic nitrogens is 1. The van der Waals surface area contributed by atoms with E-state index in [1.54, 1.807) is 11.9 Å². The quantitative estimate of drug-likeness (QED) is 0.566. The molecule has 0 spiro atoms. The van der Waals surface area contributed by atoms with E-state index in [1.165, 1.54) is 16.8 Å². The Hall–Kier alpha value is -2.97. The summed E-state index contributed by atoms with van der Waals surface area (Å²) in [6.45, 7) is 3.72. The average molecular weight is 455 g/mol. The Labute approximate surface area is 194 Å². The highest BCUT2D eigenvalue weighted by Crippen LogP contribution is 2.21. The van der Waals surface area contributed by atoms with Crippen LogP contribution in [0.25, 0.3) is 0 Å². The van der Waals surface area contributed by atoms with Gasteiger partial charge in [0.2, 0.25) is 5.91 Å². The molecule has 33 heavy (non-hydrogen) atoms. The second-order valence-electron chi connectivity index (χ2n) is 8.80. The number of piperidine rings is 1. The number of likely N-dealkylation sites (tertiary alicyclic amines) is 1. The Bertz CT molecular complexity index is 997. The van der Waals surface area contributed by atoms with Crippen LogP contribution < -0.4 is 11.3 Å². The van der Waals surface area contributed by atoms with Crippen LogP contribution in [0.2, 0.25) is 0 Å². The fourth-order valence-electron chi connectivity index (χ4n) is 4.39. The van der Waals surface area contributed by atoms with Gasteiger partial charge in [-0.15, -0.1) is 0 Å². The Morgan fingerprint density at radius 1 is 1.18 bits per heavy atom. The van der Waals surface area contributed by atoms with E-state index in [4.69, 9.17) is 10.8 Å². The molecule has 1 aromatic carbocycles. The number of rotatable bonds is 10. The number of nitrogens with two attached hydrogens (primary N) is 1. The van der Waals surface area contributed by atoms with Gasteiger partial charge in [0, 0.05) is 26.3 Å². The first kappa shape index (κ1) is 24.7. The molecule has 3 N–H and O–H groups in total. The standard InChI is InChI=1S/C25H34N4O4/c1-27(11-5-8-19-9-12-28(13-10-19)14-15-30)24(32)22-16-21(23(26)31)18-29(25(22)33)17-20-6-3-2-4-7-20/h2-4,6-7,16,18-19,30H,5,8-15,17H2,1H3,(H2,26,31). The number of pyridine rings is 1. The molecule has 1 fully saturated rings. The van der Waals surface area contributed by atoms with Gasteiger partial charge in [0.1, 0.15) is 5.56 Å². The lowest BCUT2D eigenvalue weighted by Gasteiger charge is -2.31. The van der Waals surface area contributed by atoms with Crippen molar-refractivity contribution in [3.63, 3.8) is 0 Å². The van der Waals surface area contributed by atoms with Crippen LogP contribution in [0.1, 0.15) is 52.0 Å². The number of nitrogens with zero attached hydrogens (tertiary/aromatic N) is 3. The van der Waals surface area contributed by atoms with Crippen LogP contribution in [0.3, 0.4) is 0 Å². The smallest absolute Gasteiger partial charge is 0.263 e. The van der Waals surface area contributed by atoms with Gasteiger partial charge in [-0.2, -0.15) is 0 Å². The molecular formula is C25H34N4O4. The summed E-state index contributed by atoms with van der Waals surface area (Å²) in [6, 6.07) is 10.7. The van der Waals surface area contributed by atoms with Crippen molar-refractivity contribution in [3.05, 3.63) is 69.6 Å². The minimum atomic E-state index is -0.680. The summed E-state index contributed by atoms with van der Waals surface area (Å²) in [6.07, 6.45) is 5.48. The van der Waals surface area contributed by atoms with Crippen LogP contribution >= 0.6 is 0 Å². The predicted octanol–water partition coefficient (Wildman–Crippen LogP) is 1.55. The van der Waals surface area contributed by atoms with E-state index in [1.807, 2.05) is 30.3 Å². The summed E-state index contributed by atoms with van der Waals surface area (Å²) in [4.78, 5) is 41.8. The summed E-state index contributed by atoms with van der Waals surface area (Å²) in [7, 11) is 1.68. The topological polar surface area (TPSA) is 109 Å². The van der Waals surface area contributed by atoms with Crippen molar-refractivity contribution in [3.8, 4) is 0 Å². The third kappa shape index (κ3) is 6.76. The number of carbonyl (C=O) groups excluding carboxylic acids is 2. The van der Waals surface area contributed by atoms with Crippen LogP contribution in [-0.2, 0) is 6.54 Å². The maximum Gasteiger partial charge on any atom is 0.263 e. The molecule has 8 nitrogen and oxygen atoms in total. The first-order valence-electron chi connectivity index (χ1n) is 11.6. The maximum atomic E-state index is 13.1. The van der Waals surface area contributed by atoms with E-state index < -0.39 is 17.4 Å². The Balaban J connectivity index is 1.64. The van der Waals surface area contributed by atoms with Gasteiger partial charge in [-0.05, 0) is 56.3 Å². The Kier molecular flexibility index (Phi) is 8.79. The summed E-state index contributed by atoms with van der Waals surface area (Å²) in [5.74, 6) is -0.464. The third-order valence-electron chi connectivity index (χ3n) is 6.37. The fourth-order valence-corrected chi connectivity index (χ4v) is 4.39. The van der Waals surface area contributed by atoms with Crippen LogP contribution in [0.15, 0.2) is 47.4 Å². The highest BCUT2D eigenvalue weighted by atomic mass is 16.3. The number of aliphatic hydroxyl groups excluding tert-OH is 1. The molecule has 8 heteroatoms. The monoisotopic (exact) mass is 454 g/mol. The van der Waals surface area contributed by atoms with Gasteiger partial charge in [-0.25, -0.2) is 0 Å². The molecule has 0 saturated carbocycles. The normalized spacial score (nSPS) is 14.8. The molecule has 1 aliphatic rings. The number of hydrogen-bond donors (Lipinski definition) is 2. The van der Waals surface area contributed by atoms with Gasteiger partial charge in [0.25, 0.3) is 11.5 Å². The SMILES string of the molecule is CN(CCCC1CCN(CCO)CC1)C(=O)c1cc(C(N)=O)cn(Cc2ccccc2)c1=O. The first-order valence-corrected chi connectivity index (χ1v) is 11.6. The second kappa shape index (κ2) is 11.8. The van der Waals surface area contributed by atoms with Crippen LogP contribution in [-0.4, -0.2) is 71.1 Å². The Morgan fingerprint density at radius 2 is 1.88 bits per heavy atom. The van der Waals surface area contributed by atoms with E-state index in [2.05, 4.69) is 4.90 Å². The van der Waals surface area contributed by atoms with Crippen molar-refractivity contribution >= 4 is 11.8 Å². The number of benzene rings is 1. The Morgan fingerprint density at radius 3 is 2.52 bits per heavy atom. The highest BCUT2D eigenvalue weighted by Gasteiger charge is 2.21. The van der Waals surface area contributed by atoms with Gasteiger partial charge < -0.3 is 25.2 Å². The first-order chi connectivity index (χ1) is 15.9. The van der Waals surface area contributed by atoms with Gasteiger partial charge in [0.15, 0.2) is 0 Å². The van der Waals surface area contributed by atoms with Crippen molar-refractivity contribution in [1.29, 1.82) is 0 Å².